The molecular weight excluding hydrogens is 465 g/mol. The Balaban J connectivity index is 1.61. The molecule has 0 aliphatic carbocycles. The quantitative estimate of drug-likeness (QED) is 0.257. The van der Waals surface area contributed by atoms with Crippen LogP contribution in [0, 0.1) is 12.7 Å². The van der Waals surface area contributed by atoms with Crippen LogP contribution in [0.1, 0.15) is 5.56 Å². The van der Waals surface area contributed by atoms with Crippen molar-refractivity contribution >= 4 is 28.2 Å². The van der Waals surface area contributed by atoms with Gasteiger partial charge in [-0.2, -0.15) is 5.10 Å². The Bertz CT molecular complexity index is 1790. The molecule has 0 spiro atoms. The van der Waals surface area contributed by atoms with Gasteiger partial charge in [-0.05, 0) is 48.9 Å². The summed E-state index contributed by atoms with van der Waals surface area (Å²) in [4.78, 5) is 17.9. The highest BCUT2D eigenvalue weighted by atomic mass is 35.5. The van der Waals surface area contributed by atoms with E-state index in [0.29, 0.717) is 32.9 Å². The van der Waals surface area contributed by atoms with Gasteiger partial charge in [0, 0.05) is 33.8 Å². The Labute approximate surface area is 204 Å². The maximum Gasteiger partial charge on any atom is 0.344 e. The van der Waals surface area contributed by atoms with E-state index in [-0.39, 0.29) is 11.1 Å². The van der Waals surface area contributed by atoms with Crippen LogP contribution in [0.4, 0.5) is 4.39 Å². The molecule has 7 heteroatoms. The molecule has 3 aromatic carbocycles. The monoisotopic (exact) mass is 481 g/mol. The van der Waals surface area contributed by atoms with Gasteiger partial charge in [0.2, 0.25) is 0 Å². The summed E-state index contributed by atoms with van der Waals surface area (Å²) in [5, 5.41) is 5.62. The van der Waals surface area contributed by atoms with E-state index in [0.717, 1.165) is 16.8 Å². The van der Waals surface area contributed by atoms with E-state index in [4.69, 9.17) is 21.0 Å². The Morgan fingerprint density at radius 2 is 1.60 bits per heavy atom. The van der Waals surface area contributed by atoms with Crippen molar-refractivity contribution in [3.05, 3.63) is 112 Å². The van der Waals surface area contributed by atoms with Gasteiger partial charge in [-0.15, -0.1) is 0 Å². The van der Waals surface area contributed by atoms with Gasteiger partial charge in [0.1, 0.15) is 11.4 Å². The van der Waals surface area contributed by atoms with E-state index in [1.54, 1.807) is 41.0 Å². The summed E-state index contributed by atoms with van der Waals surface area (Å²) in [6, 6.07) is 22.6. The molecule has 6 rings (SSSR count). The van der Waals surface area contributed by atoms with Gasteiger partial charge in [0.15, 0.2) is 5.65 Å². The standard InChI is InChI=1S/C28H17ClFN3O2/c1-16-2-4-17(5-3-16)23-15-25-31-22(12-13-33(25)32-23)27-21-14-20(30)10-11-24(21)35-28(34)26(27)18-6-8-19(29)9-7-18/h2-15H,1H3. The second kappa shape index (κ2) is 8.18. The number of rotatable bonds is 3. The first-order valence-corrected chi connectivity index (χ1v) is 11.3. The highest BCUT2D eigenvalue weighted by molar-refractivity contribution is 6.30. The van der Waals surface area contributed by atoms with Crippen molar-refractivity contribution in [2.75, 3.05) is 0 Å². The van der Waals surface area contributed by atoms with E-state index >= 15 is 0 Å². The fraction of sp³-hybridized carbons (Fsp3) is 0.0357. The lowest BCUT2D eigenvalue weighted by molar-refractivity contribution is 0.561. The largest absolute Gasteiger partial charge is 0.422 e. The molecule has 0 N–H and O–H groups in total. The summed E-state index contributed by atoms with van der Waals surface area (Å²) < 4.78 is 21.5. The van der Waals surface area contributed by atoms with E-state index in [2.05, 4.69) is 5.10 Å². The fourth-order valence-electron chi connectivity index (χ4n) is 4.20. The lowest BCUT2D eigenvalue weighted by Gasteiger charge is -2.12. The van der Waals surface area contributed by atoms with Crippen molar-refractivity contribution in [3.63, 3.8) is 0 Å². The summed E-state index contributed by atoms with van der Waals surface area (Å²) >= 11 is 6.07. The van der Waals surface area contributed by atoms with Gasteiger partial charge >= 0.3 is 5.63 Å². The molecule has 0 saturated carbocycles. The van der Waals surface area contributed by atoms with Gasteiger partial charge in [-0.25, -0.2) is 18.7 Å². The van der Waals surface area contributed by atoms with Gasteiger partial charge < -0.3 is 4.42 Å². The molecule has 3 aromatic heterocycles. The van der Waals surface area contributed by atoms with E-state index < -0.39 is 11.4 Å². The van der Waals surface area contributed by atoms with Crippen LogP contribution < -0.4 is 5.63 Å². The number of hydrogen-bond acceptors (Lipinski definition) is 4. The maximum absolute atomic E-state index is 14.3. The molecule has 0 unspecified atom stereocenters. The van der Waals surface area contributed by atoms with E-state index in [1.165, 1.54) is 18.2 Å². The summed E-state index contributed by atoms with van der Waals surface area (Å²) in [7, 11) is 0. The number of hydrogen-bond donors (Lipinski definition) is 0. The number of aryl methyl sites for hydroxylation is 1. The first kappa shape index (κ1) is 21.3. The maximum atomic E-state index is 14.3. The molecule has 0 aliphatic rings. The number of fused-ring (bicyclic) bond motifs is 2. The van der Waals surface area contributed by atoms with Crippen molar-refractivity contribution in [2.24, 2.45) is 0 Å². The number of nitrogens with zero attached hydrogens (tertiary/aromatic N) is 3. The summed E-state index contributed by atoms with van der Waals surface area (Å²) in [5.41, 5.74) is 5.10. The van der Waals surface area contributed by atoms with Gasteiger partial charge in [0.05, 0.1) is 17.0 Å². The SMILES string of the molecule is Cc1ccc(-c2cc3nc(-c4c(-c5ccc(Cl)cc5)c(=O)oc5ccc(F)cc45)ccn3n2)cc1. The minimum Gasteiger partial charge on any atom is -0.422 e. The van der Waals surface area contributed by atoms with Gasteiger partial charge in [-0.3, -0.25) is 0 Å². The first-order valence-electron chi connectivity index (χ1n) is 10.9. The fourth-order valence-corrected chi connectivity index (χ4v) is 4.33. The van der Waals surface area contributed by atoms with Crippen LogP contribution in [0.25, 0.3) is 50.3 Å². The molecule has 0 aliphatic heterocycles. The number of aromatic nitrogens is 3. The molecular formula is C28H17ClFN3O2. The zero-order valence-corrected chi connectivity index (χ0v) is 19.3. The molecule has 5 nitrogen and oxygen atoms in total. The van der Waals surface area contributed by atoms with E-state index in [9.17, 15) is 9.18 Å². The van der Waals surface area contributed by atoms with Crippen LogP contribution in [0.3, 0.4) is 0 Å². The van der Waals surface area contributed by atoms with Gasteiger partial charge in [-0.1, -0.05) is 53.6 Å². The third-order valence-electron chi connectivity index (χ3n) is 5.93. The third kappa shape index (κ3) is 3.78. The van der Waals surface area contributed by atoms with Crippen LogP contribution >= 0.6 is 11.6 Å². The minimum atomic E-state index is -0.544. The smallest absolute Gasteiger partial charge is 0.344 e. The highest BCUT2D eigenvalue weighted by Gasteiger charge is 2.20. The zero-order valence-electron chi connectivity index (χ0n) is 18.5. The van der Waals surface area contributed by atoms with Crippen LogP contribution in [-0.4, -0.2) is 14.6 Å². The zero-order chi connectivity index (χ0) is 24.1. The normalized spacial score (nSPS) is 11.4. The van der Waals surface area contributed by atoms with Crippen LogP contribution in [0.2, 0.25) is 5.02 Å². The molecule has 0 fully saturated rings. The predicted octanol–water partition coefficient (Wildman–Crippen LogP) is 6.94. The molecule has 0 bridgehead atoms. The second-order valence-electron chi connectivity index (χ2n) is 8.30. The van der Waals surface area contributed by atoms with E-state index in [1.807, 2.05) is 37.3 Å². The lowest BCUT2D eigenvalue weighted by Crippen LogP contribution is -2.07. The molecule has 0 atom stereocenters. The summed E-state index contributed by atoms with van der Waals surface area (Å²) in [6.45, 7) is 2.03. The third-order valence-corrected chi connectivity index (χ3v) is 6.18. The average Bonchev–Trinajstić information content (AvgIpc) is 3.28. The summed E-state index contributed by atoms with van der Waals surface area (Å²) in [6.07, 6.45) is 1.78. The number of benzene rings is 3. The topological polar surface area (TPSA) is 60.4 Å². The Morgan fingerprint density at radius 3 is 2.37 bits per heavy atom. The molecule has 35 heavy (non-hydrogen) atoms. The van der Waals surface area contributed by atoms with Crippen LogP contribution in [0.5, 0.6) is 0 Å². The molecule has 0 saturated heterocycles. The van der Waals surface area contributed by atoms with Crippen molar-refractivity contribution in [1.29, 1.82) is 0 Å². The Kier molecular flexibility index (Phi) is 4.97. The van der Waals surface area contributed by atoms with Crippen LogP contribution in [0.15, 0.2) is 94.3 Å². The number of halogens is 2. The highest BCUT2D eigenvalue weighted by Crippen LogP contribution is 2.36. The van der Waals surface area contributed by atoms with Gasteiger partial charge in [0.25, 0.3) is 0 Å². The molecule has 0 amide bonds. The lowest BCUT2D eigenvalue weighted by atomic mass is 9.96. The minimum absolute atomic E-state index is 0.277. The molecule has 170 valence electrons. The van der Waals surface area contributed by atoms with Crippen molar-refractivity contribution in [2.45, 2.75) is 6.92 Å². The van der Waals surface area contributed by atoms with Crippen molar-refractivity contribution in [1.82, 2.24) is 14.6 Å². The van der Waals surface area contributed by atoms with Crippen molar-refractivity contribution in [3.8, 4) is 33.6 Å². The Hall–Kier alpha value is -4.29. The molecule has 0 radical (unpaired) electrons. The van der Waals surface area contributed by atoms with Crippen molar-refractivity contribution < 1.29 is 8.81 Å². The molecule has 6 aromatic rings. The second-order valence-corrected chi connectivity index (χ2v) is 8.73. The average molecular weight is 482 g/mol. The first-order chi connectivity index (χ1) is 17.0. The Morgan fingerprint density at radius 1 is 0.857 bits per heavy atom. The predicted molar refractivity (Wildman–Crippen MR) is 135 cm³/mol. The van der Waals surface area contributed by atoms with Crippen LogP contribution in [-0.2, 0) is 0 Å². The molecule has 3 heterocycles. The summed E-state index contributed by atoms with van der Waals surface area (Å²) in [5.74, 6) is -0.443.